The standard InChI is InChI=1S/C16H18N2O4/c19-15(18-9-10-22-14(11-18)16(20)21)6-8-17-7-5-12-3-1-2-4-13(12)17/h1-5,7,14H,6,8-11H2,(H,20,21)/t14-/m0/s1. The lowest BCUT2D eigenvalue weighted by Crippen LogP contribution is -2.48. The van der Waals surface area contributed by atoms with Gasteiger partial charge in [0.2, 0.25) is 5.91 Å². The number of ether oxygens (including phenoxy) is 1. The molecule has 1 aromatic carbocycles. The van der Waals surface area contributed by atoms with Crippen LogP contribution in [0.3, 0.4) is 0 Å². The molecular weight excluding hydrogens is 284 g/mol. The fraction of sp³-hybridized carbons (Fsp3) is 0.375. The molecule has 6 nitrogen and oxygen atoms in total. The number of benzene rings is 1. The maximum absolute atomic E-state index is 12.3. The first-order valence-electron chi connectivity index (χ1n) is 7.31. The zero-order chi connectivity index (χ0) is 15.5. The highest BCUT2D eigenvalue weighted by Gasteiger charge is 2.28. The number of nitrogens with zero attached hydrogens (tertiary/aromatic N) is 2. The van der Waals surface area contributed by atoms with Gasteiger partial charge in [0, 0.05) is 31.2 Å². The highest BCUT2D eigenvalue weighted by atomic mass is 16.5. The number of carboxylic acids is 1. The lowest BCUT2D eigenvalue weighted by molar-refractivity contribution is -0.159. The van der Waals surface area contributed by atoms with Crippen molar-refractivity contribution in [1.29, 1.82) is 0 Å². The Morgan fingerprint density at radius 3 is 2.91 bits per heavy atom. The Morgan fingerprint density at radius 1 is 1.27 bits per heavy atom. The first kappa shape index (κ1) is 14.6. The molecule has 0 spiro atoms. The van der Waals surface area contributed by atoms with E-state index in [0.29, 0.717) is 19.5 Å². The first-order valence-corrected chi connectivity index (χ1v) is 7.31. The van der Waals surface area contributed by atoms with Crippen LogP contribution in [-0.4, -0.2) is 52.3 Å². The van der Waals surface area contributed by atoms with Crippen LogP contribution >= 0.6 is 0 Å². The van der Waals surface area contributed by atoms with Gasteiger partial charge < -0.3 is 19.3 Å². The third-order valence-electron chi connectivity index (χ3n) is 3.94. The Kier molecular flexibility index (Phi) is 4.11. The number of aliphatic carboxylic acids is 1. The van der Waals surface area contributed by atoms with Crippen LogP contribution in [0.1, 0.15) is 6.42 Å². The summed E-state index contributed by atoms with van der Waals surface area (Å²) in [5.41, 5.74) is 1.10. The van der Waals surface area contributed by atoms with E-state index in [1.54, 1.807) is 4.90 Å². The molecule has 116 valence electrons. The second-order valence-electron chi connectivity index (χ2n) is 5.36. The van der Waals surface area contributed by atoms with Crippen molar-refractivity contribution in [1.82, 2.24) is 9.47 Å². The zero-order valence-electron chi connectivity index (χ0n) is 12.1. The van der Waals surface area contributed by atoms with Crippen LogP contribution < -0.4 is 0 Å². The molecule has 1 atom stereocenters. The molecule has 1 amide bonds. The van der Waals surface area contributed by atoms with E-state index >= 15 is 0 Å². The molecule has 1 N–H and O–H groups in total. The number of rotatable bonds is 4. The largest absolute Gasteiger partial charge is 0.479 e. The molecule has 3 rings (SSSR count). The van der Waals surface area contributed by atoms with Crippen LogP contribution in [0.4, 0.5) is 0 Å². The van der Waals surface area contributed by atoms with Gasteiger partial charge in [-0.15, -0.1) is 0 Å². The minimum atomic E-state index is -1.02. The van der Waals surface area contributed by atoms with Crippen LogP contribution in [0.2, 0.25) is 0 Å². The van der Waals surface area contributed by atoms with Crippen LogP contribution in [-0.2, 0) is 20.9 Å². The Morgan fingerprint density at radius 2 is 2.09 bits per heavy atom. The number of hydrogen-bond acceptors (Lipinski definition) is 3. The Balaban J connectivity index is 1.61. The van der Waals surface area contributed by atoms with Crippen molar-refractivity contribution >= 4 is 22.8 Å². The molecule has 1 fully saturated rings. The Hall–Kier alpha value is -2.34. The number of amides is 1. The Bertz CT molecular complexity index is 694. The molecule has 1 aliphatic heterocycles. The number of carbonyl (C=O) groups is 2. The lowest BCUT2D eigenvalue weighted by Gasteiger charge is -2.31. The minimum absolute atomic E-state index is 0.0349. The topological polar surface area (TPSA) is 71.8 Å². The van der Waals surface area contributed by atoms with E-state index in [2.05, 4.69) is 0 Å². The predicted molar refractivity (Wildman–Crippen MR) is 80.5 cm³/mol. The number of morpholine rings is 1. The highest BCUT2D eigenvalue weighted by Crippen LogP contribution is 2.16. The van der Waals surface area contributed by atoms with Gasteiger partial charge in [-0.3, -0.25) is 4.79 Å². The maximum Gasteiger partial charge on any atom is 0.334 e. The van der Waals surface area contributed by atoms with Crippen molar-refractivity contribution in [3.8, 4) is 0 Å². The number of fused-ring (bicyclic) bond motifs is 1. The average molecular weight is 302 g/mol. The smallest absolute Gasteiger partial charge is 0.334 e. The fourth-order valence-electron chi connectivity index (χ4n) is 2.74. The van der Waals surface area contributed by atoms with Crippen molar-refractivity contribution in [3.63, 3.8) is 0 Å². The van der Waals surface area contributed by atoms with Crippen molar-refractivity contribution in [2.45, 2.75) is 19.1 Å². The molecule has 1 saturated heterocycles. The number of carboxylic acid groups (broad SMARTS) is 1. The van der Waals surface area contributed by atoms with Gasteiger partial charge >= 0.3 is 5.97 Å². The van der Waals surface area contributed by atoms with Gasteiger partial charge in [0.15, 0.2) is 6.10 Å². The molecule has 2 heterocycles. The van der Waals surface area contributed by atoms with E-state index in [-0.39, 0.29) is 19.1 Å². The van der Waals surface area contributed by atoms with Crippen molar-refractivity contribution in [2.24, 2.45) is 0 Å². The summed E-state index contributed by atoms with van der Waals surface area (Å²) in [6.07, 6.45) is 1.41. The quantitative estimate of drug-likeness (QED) is 0.925. The van der Waals surface area contributed by atoms with Gasteiger partial charge in [0.25, 0.3) is 0 Å². The van der Waals surface area contributed by atoms with Gasteiger partial charge in [-0.05, 0) is 17.5 Å². The van der Waals surface area contributed by atoms with Crippen molar-refractivity contribution in [2.75, 3.05) is 19.7 Å². The zero-order valence-corrected chi connectivity index (χ0v) is 12.1. The summed E-state index contributed by atoms with van der Waals surface area (Å²) in [6.45, 7) is 1.44. The monoisotopic (exact) mass is 302 g/mol. The molecule has 0 bridgehead atoms. The molecule has 1 aliphatic rings. The van der Waals surface area contributed by atoms with E-state index in [1.165, 1.54) is 0 Å². The summed E-state index contributed by atoms with van der Waals surface area (Å²) in [5, 5.41) is 10.1. The third kappa shape index (κ3) is 2.96. The molecule has 6 heteroatoms. The van der Waals surface area contributed by atoms with Gasteiger partial charge in [-0.1, -0.05) is 18.2 Å². The van der Waals surface area contributed by atoms with Crippen molar-refractivity contribution < 1.29 is 19.4 Å². The molecular formula is C16H18N2O4. The highest BCUT2D eigenvalue weighted by molar-refractivity contribution is 5.81. The summed E-state index contributed by atoms with van der Waals surface area (Å²) in [7, 11) is 0. The molecule has 0 radical (unpaired) electrons. The molecule has 0 saturated carbocycles. The van der Waals surface area contributed by atoms with E-state index in [9.17, 15) is 9.59 Å². The molecule has 22 heavy (non-hydrogen) atoms. The molecule has 0 unspecified atom stereocenters. The van der Waals surface area contributed by atoms with Gasteiger partial charge in [-0.25, -0.2) is 4.79 Å². The number of aryl methyl sites for hydroxylation is 1. The number of para-hydroxylation sites is 1. The van der Waals surface area contributed by atoms with Crippen LogP contribution in [0.15, 0.2) is 36.5 Å². The SMILES string of the molecule is O=C(O)[C@@H]1CN(C(=O)CCn2ccc3ccccc32)CCO1. The summed E-state index contributed by atoms with van der Waals surface area (Å²) in [5.74, 6) is -1.05. The average Bonchev–Trinajstić information content (AvgIpc) is 2.96. The lowest BCUT2D eigenvalue weighted by atomic mass is 10.2. The number of hydrogen-bond donors (Lipinski definition) is 1. The van der Waals surface area contributed by atoms with Crippen LogP contribution in [0.5, 0.6) is 0 Å². The molecule has 2 aromatic rings. The van der Waals surface area contributed by atoms with E-state index in [1.807, 2.05) is 41.1 Å². The summed E-state index contributed by atoms with van der Waals surface area (Å²) in [4.78, 5) is 24.8. The molecule has 1 aromatic heterocycles. The normalized spacial score (nSPS) is 18.5. The van der Waals surface area contributed by atoms with E-state index in [4.69, 9.17) is 9.84 Å². The van der Waals surface area contributed by atoms with Gasteiger partial charge in [-0.2, -0.15) is 0 Å². The predicted octanol–water partition coefficient (Wildman–Crippen LogP) is 1.34. The summed E-state index contributed by atoms with van der Waals surface area (Å²) in [6, 6.07) is 10.0. The van der Waals surface area contributed by atoms with E-state index < -0.39 is 12.1 Å². The third-order valence-corrected chi connectivity index (χ3v) is 3.94. The Labute approximate surface area is 127 Å². The fourth-order valence-corrected chi connectivity index (χ4v) is 2.74. The number of carbonyl (C=O) groups excluding carboxylic acids is 1. The summed E-state index contributed by atoms with van der Waals surface area (Å²) < 4.78 is 7.17. The molecule has 0 aliphatic carbocycles. The van der Waals surface area contributed by atoms with Gasteiger partial charge in [0.05, 0.1) is 13.2 Å². The van der Waals surface area contributed by atoms with E-state index in [0.717, 1.165) is 10.9 Å². The summed E-state index contributed by atoms with van der Waals surface area (Å²) >= 11 is 0. The second kappa shape index (κ2) is 6.19. The van der Waals surface area contributed by atoms with Crippen LogP contribution in [0.25, 0.3) is 10.9 Å². The maximum atomic E-state index is 12.3. The number of aromatic nitrogens is 1. The van der Waals surface area contributed by atoms with Crippen molar-refractivity contribution in [3.05, 3.63) is 36.5 Å². The van der Waals surface area contributed by atoms with Crippen LogP contribution in [0, 0.1) is 0 Å². The van der Waals surface area contributed by atoms with Gasteiger partial charge in [0.1, 0.15) is 0 Å². The second-order valence-corrected chi connectivity index (χ2v) is 5.36. The minimum Gasteiger partial charge on any atom is -0.479 e. The first-order chi connectivity index (χ1) is 10.6.